The summed E-state index contributed by atoms with van der Waals surface area (Å²) < 4.78 is 16.4. The Morgan fingerprint density at radius 3 is 3.00 bits per heavy atom. The number of esters is 1. The van der Waals surface area contributed by atoms with E-state index < -0.39 is 0 Å². The summed E-state index contributed by atoms with van der Waals surface area (Å²) in [5.74, 6) is -0.237. The predicted octanol–water partition coefficient (Wildman–Crippen LogP) is 1.83. The smallest absolute Gasteiger partial charge is 0.333 e. The maximum absolute atomic E-state index is 11.7. The fraction of sp³-hybridized carbons (Fsp3) is 0.769. The number of rotatable bonds is 5. The molecule has 0 aromatic carbocycles. The first-order valence-electron chi connectivity index (χ1n) is 6.34. The second-order valence-corrected chi connectivity index (χ2v) is 4.58. The van der Waals surface area contributed by atoms with Crippen molar-refractivity contribution >= 4 is 5.97 Å². The number of carbonyl (C=O) groups is 1. The van der Waals surface area contributed by atoms with Crippen molar-refractivity contribution in [3.8, 4) is 0 Å². The van der Waals surface area contributed by atoms with E-state index in [9.17, 15) is 4.79 Å². The molecule has 4 nitrogen and oxygen atoms in total. The van der Waals surface area contributed by atoms with Crippen molar-refractivity contribution in [2.24, 2.45) is 0 Å². The molecule has 0 aromatic heterocycles. The zero-order valence-electron chi connectivity index (χ0n) is 10.6. The molecule has 2 aliphatic rings. The van der Waals surface area contributed by atoms with Crippen molar-refractivity contribution in [2.45, 2.75) is 58.0 Å². The lowest BCUT2D eigenvalue weighted by Gasteiger charge is -2.21. The van der Waals surface area contributed by atoms with E-state index in [2.05, 4.69) is 6.92 Å². The average Bonchev–Trinajstić information content (AvgIpc) is 3.08. The normalized spacial score (nSPS) is 32.4. The van der Waals surface area contributed by atoms with E-state index in [1.54, 1.807) is 0 Å². The van der Waals surface area contributed by atoms with E-state index in [1.165, 1.54) is 0 Å². The molecule has 17 heavy (non-hydrogen) atoms. The first kappa shape index (κ1) is 12.6. The Bertz CT molecular complexity index is 323. The number of hydrogen-bond acceptors (Lipinski definition) is 4. The summed E-state index contributed by atoms with van der Waals surface area (Å²) in [6.07, 6.45) is 3.86. The summed E-state index contributed by atoms with van der Waals surface area (Å²) in [5.41, 5.74) is 0.693. The average molecular weight is 240 g/mol. The second kappa shape index (κ2) is 5.19. The maximum Gasteiger partial charge on any atom is 0.333 e. The number of fused-ring (bicyclic) bond motifs is 1. The van der Waals surface area contributed by atoms with Gasteiger partial charge in [-0.2, -0.15) is 0 Å². The Kier molecular flexibility index (Phi) is 3.84. The molecular formula is C13H20O4. The molecule has 96 valence electrons. The third-order valence-electron chi connectivity index (χ3n) is 3.23. The van der Waals surface area contributed by atoms with Crippen LogP contribution in [0.25, 0.3) is 0 Å². The topological polar surface area (TPSA) is 48.1 Å². The third-order valence-corrected chi connectivity index (χ3v) is 3.23. The molecule has 0 spiro atoms. The van der Waals surface area contributed by atoms with E-state index in [-0.39, 0.29) is 30.4 Å². The van der Waals surface area contributed by atoms with Crippen LogP contribution in [-0.4, -0.2) is 37.0 Å². The van der Waals surface area contributed by atoms with E-state index in [0.717, 1.165) is 6.42 Å². The van der Waals surface area contributed by atoms with Crippen LogP contribution in [0.3, 0.4) is 0 Å². The Morgan fingerprint density at radius 2 is 2.35 bits per heavy atom. The highest BCUT2D eigenvalue weighted by Crippen LogP contribution is 2.38. The van der Waals surface area contributed by atoms with Crippen molar-refractivity contribution in [1.29, 1.82) is 0 Å². The molecule has 0 saturated carbocycles. The summed E-state index contributed by atoms with van der Waals surface area (Å²) in [6, 6.07) is 0. The van der Waals surface area contributed by atoms with Crippen LogP contribution in [0.5, 0.6) is 0 Å². The molecule has 1 aliphatic carbocycles. The third kappa shape index (κ3) is 2.87. The molecule has 1 aliphatic heterocycles. The maximum atomic E-state index is 11.7. The van der Waals surface area contributed by atoms with Crippen LogP contribution >= 0.6 is 0 Å². The molecule has 0 aromatic rings. The van der Waals surface area contributed by atoms with Crippen molar-refractivity contribution in [1.82, 2.24) is 0 Å². The molecule has 1 unspecified atom stereocenters. The highest BCUT2D eigenvalue weighted by molar-refractivity contribution is 5.89. The van der Waals surface area contributed by atoms with Crippen LogP contribution in [0.15, 0.2) is 11.6 Å². The van der Waals surface area contributed by atoms with Crippen LogP contribution in [0, 0.1) is 0 Å². The van der Waals surface area contributed by atoms with Crippen LogP contribution < -0.4 is 0 Å². The number of carbonyl (C=O) groups excluding carboxylic acids is 1. The van der Waals surface area contributed by atoms with Gasteiger partial charge in [0.15, 0.2) is 0 Å². The van der Waals surface area contributed by atoms with Crippen molar-refractivity contribution in [3.63, 3.8) is 0 Å². The second-order valence-electron chi connectivity index (χ2n) is 4.58. The minimum atomic E-state index is -0.237. The lowest BCUT2D eigenvalue weighted by Crippen LogP contribution is -2.29. The fourth-order valence-corrected chi connectivity index (χ4v) is 2.04. The lowest BCUT2D eigenvalue weighted by atomic mass is 9.97. The first-order valence-corrected chi connectivity index (χ1v) is 6.34. The Labute approximate surface area is 102 Å². The largest absolute Gasteiger partial charge is 0.463 e. The standard InChI is InChI=1S/C13H20O4/c1-4-8(3)16-10-6-9(13(14)15-5-2)7-11-12(10)17-11/h6,8,10-12H,4-5,7H2,1-3H3/t8?,10-,11+,12-/m1/s1. The summed E-state index contributed by atoms with van der Waals surface area (Å²) in [6.45, 7) is 6.32. The highest BCUT2D eigenvalue weighted by atomic mass is 16.6. The minimum Gasteiger partial charge on any atom is -0.463 e. The van der Waals surface area contributed by atoms with Gasteiger partial charge in [0.1, 0.15) is 12.2 Å². The Balaban J connectivity index is 2.00. The van der Waals surface area contributed by atoms with Crippen molar-refractivity contribution in [3.05, 3.63) is 11.6 Å². The SMILES string of the molecule is CCOC(=O)C1=C[C@@H](OC(C)CC)[C@H]2O[C@H]2C1. The Morgan fingerprint density at radius 1 is 1.59 bits per heavy atom. The van der Waals surface area contributed by atoms with Crippen LogP contribution in [0.2, 0.25) is 0 Å². The van der Waals surface area contributed by atoms with E-state index in [0.29, 0.717) is 18.6 Å². The van der Waals surface area contributed by atoms with Gasteiger partial charge < -0.3 is 14.2 Å². The lowest BCUT2D eigenvalue weighted by molar-refractivity contribution is -0.138. The van der Waals surface area contributed by atoms with Gasteiger partial charge in [0.25, 0.3) is 0 Å². The van der Waals surface area contributed by atoms with Gasteiger partial charge in [-0.3, -0.25) is 0 Å². The molecule has 0 bridgehead atoms. The quantitative estimate of drug-likeness (QED) is 0.543. The monoisotopic (exact) mass is 240 g/mol. The molecule has 0 amide bonds. The summed E-state index contributed by atoms with van der Waals surface area (Å²) in [5, 5.41) is 0. The van der Waals surface area contributed by atoms with E-state index in [1.807, 2.05) is 19.9 Å². The van der Waals surface area contributed by atoms with Gasteiger partial charge in [-0.15, -0.1) is 0 Å². The van der Waals surface area contributed by atoms with Crippen LogP contribution in [0.4, 0.5) is 0 Å². The van der Waals surface area contributed by atoms with Crippen LogP contribution in [-0.2, 0) is 19.0 Å². The summed E-state index contributed by atoms with van der Waals surface area (Å²) in [7, 11) is 0. The van der Waals surface area contributed by atoms with Crippen molar-refractivity contribution < 1.29 is 19.0 Å². The van der Waals surface area contributed by atoms with E-state index in [4.69, 9.17) is 14.2 Å². The summed E-state index contributed by atoms with van der Waals surface area (Å²) >= 11 is 0. The molecule has 1 fully saturated rings. The molecule has 4 atom stereocenters. The molecule has 0 radical (unpaired) electrons. The van der Waals surface area contributed by atoms with Gasteiger partial charge in [0.2, 0.25) is 0 Å². The molecule has 1 heterocycles. The predicted molar refractivity (Wildman–Crippen MR) is 62.6 cm³/mol. The van der Waals surface area contributed by atoms with E-state index >= 15 is 0 Å². The number of ether oxygens (including phenoxy) is 3. The molecule has 4 heteroatoms. The van der Waals surface area contributed by atoms with Gasteiger partial charge in [-0.25, -0.2) is 4.79 Å². The number of epoxide rings is 1. The van der Waals surface area contributed by atoms with Gasteiger partial charge >= 0.3 is 5.97 Å². The molecular weight excluding hydrogens is 220 g/mol. The van der Waals surface area contributed by atoms with Gasteiger partial charge in [0, 0.05) is 12.0 Å². The molecule has 2 rings (SSSR count). The van der Waals surface area contributed by atoms with Crippen LogP contribution in [0.1, 0.15) is 33.6 Å². The van der Waals surface area contributed by atoms with Gasteiger partial charge in [0.05, 0.1) is 18.8 Å². The minimum absolute atomic E-state index is 0.0943. The number of hydrogen-bond donors (Lipinski definition) is 0. The van der Waals surface area contributed by atoms with Gasteiger partial charge in [-0.1, -0.05) is 6.92 Å². The summed E-state index contributed by atoms with van der Waals surface area (Å²) in [4.78, 5) is 11.7. The zero-order valence-corrected chi connectivity index (χ0v) is 10.6. The Hall–Kier alpha value is -0.870. The zero-order chi connectivity index (χ0) is 12.4. The van der Waals surface area contributed by atoms with Crippen molar-refractivity contribution in [2.75, 3.05) is 6.61 Å². The molecule has 1 saturated heterocycles. The fourth-order valence-electron chi connectivity index (χ4n) is 2.04. The first-order chi connectivity index (χ1) is 8.15. The molecule has 0 N–H and O–H groups in total. The van der Waals surface area contributed by atoms with Gasteiger partial charge in [-0.05, 0) is 26.3 Å². The highest BCUT2D eigenvalue weighted by Gasteiger charge is 2.49.